The van der Waals surface area contributed by atoms with Crippen LogP contribution in [0.1, 0.15) is 30.7 Å². The Hall–Kier alpha value is -3.75. The molecular weight excluding hydrogens is 407 g/mol. The van der Waals surface area contributed by atoms with Crippen LogP contribution in [0.2, 0.25) is 0 Å². The van der Waals surface area contributed by atoms with E-state index in [0.29, 0.717) is 11.5 Å². The van der Waals surface area contributed by atoms with Crippen LogP contribution < -0.4 is 5.32 Å². The first kappa shape index (κ1) is 19.2. The summed E-state index contributed by atoms with van der Waals surface area (Å²) in [6.07, 6.45) is 1.83. The van der Waals surface area contributed by atoms with Gasteiger partial charge >= 0.3 is 6.43 Å². The van der Waals surface area contributed by atoms with Gasteiger partial charge in [0.1, 0.15) is 5.82 Å². The molecule has 0 atom stereocenters. The molecule has 2 heterocycles. The van der Waals surface area contributed by atoms with Crippen molar-refractivity contribution in [2.24, 2.45) is 0 Å². The number of nitrogens with zero attached hydrogens (tertiary/aromatic N) is 4. The molecule has 1 saturated carbocycles. The Balaban J connectivity index is 1.40. The van der Waals surface area contributed by atoms with Crippen molar-refractivity contribution in [2.45, 2.75) is 24.8 Å². The summed E-state index contributed by atoms with van der Waals surface area (Å²) < 4.78 is 43.5. The van der Waals surface area contributed by atoms with Crippen molar-refractivity contribution < 1.29 is 17.6 Å². The number of alkyl halides is 2. The number of halogens is 3. The van der Waals surface area contributed by atoms with Crippen LogP contribution in [-0.2, 0) is 5.54 Å². The number of anilines is 1. The van der Waals surface area contributed by atoms with Gasteiger partial charge in [0.2, 0.25) is 5.95 Å². The van der Waals surface area contributed by atoms with E-state index in [9.17, 15) is 13.2 Å². The van der Waals surface area contributed by atoms with Gasteiger partial charge in [-0.25, -0.2) is 14.4 Å². The van der Waals surface area contributed by atoms with Gasteiger partial charge in [-0.05, 0) is 41.7 Å². The van der Waals surface area contributed by atoms with Crippen molar-refractivity contribution in [3.8, 4) is 22.6 Å². The Kier molecular flexibility index (Phi) is 4.65. The molecule has 0 spiro atoms. The van der Waals surface area contributed by atoms with Crippen molar-refractivity contribution in [1.29, 1.82) is 0 Å². The monoisotopic (exact) mass is 423 g/mol. The van der Waals surface area contributed by atoms with Crippen LogP contribution in [0.3, 0.4) is 0 Å². The van der Waals surface area contributed by atoms with Crippen molar-refractivity contribution >= 4 is 5.95 Å². The van der Waals surface area contributed by atoms with Crippen LogP contribution in [0.4, 0.5) is 19.1 Å². The highest BCUT2D eigenvalue weighted by atomic mass is 19.3. The van der Waals surface area contributed by atoms with Gasteiger partial charge in [-0.15, -0.1) is 10.2 Å². The van der Waals surface area contributed by atoms with Crippen molar-refractivity contribution in [2.75, 3.05) is 5.32 Å². The van der Waals surface area contributed by atoms with E-state index in [2.05, 4.69) is 25.5 Å². The maximum Gasteiger partial charge on any atom is 0.314 e. The van der Waals surface area contributed by atoms with Crippen LogP contribution in [0.5, 0.6) is 0 Å². The zero-order valence-corrected chi connectivity index (χ0v) is 16.1. The summed E-state index contributed by atoms with van der Waals surface area (Å²) in [4.78, 5) is 8.57. The smallest absolute Gasteiger partial charge is 0.314 e. The molecule has 31 heavy (non-hydrogen) atoms. The average molecular weight is 423 g/mol. The van der Waals surface area contributed by atoms with E-state index in [1.807, 2.05) is 24.3 Å². The predicted octanol–water partition coefficient (Wildman–Crippen LogP) is 5.37. The van der Waals surface area contributed by atoms with Gasteiger partial charge in [-0.1, -0.05) is 36.4 Å². The molecular formula is C22H16F3N5O. The minimum absolute atomic E-state index is 0.0651. The molecule has 5 rings (SSSR count). The molecule has 6 nitrogen and oxygen atoms in total. The molecule has 1 aliphatic carbocycles. The van der Waals surface area contributed by atoms with E-state index < -0.39 is 12.3 Å². The highest BCUT2D eigenvalue weighted by Crippen LogP contribution is 2.50. The molecule has 9 heteroatoms. The molecule has 2 aromatic heterocycles. The summed E-state index contributed by atoms with van der Waals surface area (Å²) in [5, 5.41) is 10.3. The number of rotatable bonds is 6. The number of aromatic nitrogens is 4. The van der Waals surface area contributed by atoms with Gasteiger partial charge in [-0.3, -0.25) is 0 Å². The second-order valence-corrected chi connectivity index (χ2v) is 7.30. The molecule has 0 amide bonds. The second kappa shape index (κ2) is 7.50. The maximum atomic E-state index is 13.4. The van der Waals surface area contributed by atoms with Crippen molar-refractivity contribution in [3.63, 3.8) is 0 Å². The van der Waals surface area contributed by atoms with Gasteiger partial charge in [0.15, 0.2) is 0 Å². The van der Waals surface area contributed by atoms with Gasteiger partial charge in [0.25, 0.3) is 11.8 Å². The summed E-state index contributed by atoms with van der Waals surface area (Å²) in [5.41, 5.74) is 3.02. The molecule has 0 radical (unpaired) electrons. The third-order valence-electron chi connectivity index (χ3n) is 5.23. The topological polar surface area (TPSA) is 76.7 Å². The van der Waals surface area contributed by atoms with Crippen molar-refractivity contribution in [1.82, 2.24) is 20.2 Å². The fraction of sp³-hybridized carbons (Fsp3) is 0.182. The molecule has 1 fully saturated rings. The minimum Gasteiger partial charge on any atom is -0.415 e. The lowest BCUT2D eigenvalue weighted by Crippen LogP contribution is -2.21. The third-order valence-corrected chi connectivity index (χ3v) is 5.23. The second-order valence-electron chi connectivity index (χ2n) is 7.30. The van der Waals surface area contributed by atoms with E-state index in [1.165, 1.54) is 24.5 Å². The largest absolute Gasteiger partial charge is 0.415 e. The Labute approximate surface area is 175 Å². The van der Waals surface area contributed by atoms with Crippen molar-refractivity contribution in [3.05, 3.63) is 78.2 Å². The first-order chi connectivity index (χ1) is 15.0. The fourth-order valence-electron chi connectivity index (χ4n) is 3.52. The summed E-state index contributed by atoms with van der Waals surface area (Å²) >= 11 is 0. The molecule has 1 aliphatic rings. The molecule has 1 N–H and O–H groups in total. The number of benzene rings is 2. The summed E-state index contributed by atoms with van der Waals surface area (Å²) in [5.74, 6) is -0.698. The van der Waals surface area contributed by atoms with E-state index in [1.54, 1.807) is 12.1 Å². The Morgan fingerprint density at radius 2 is 1.61 bits per heavy atom. The summed E-state index contributed by atoms with van der Waals surface area (Å²) in [6, 6.07) is 14.4. The molecule has 156 valence electrons. The number of hydrogen-bond acceptors (Lipinski definition) is 6. The first-order valence-electron chi connectivity index (χ1n) is 9.62. The summed E-state index contributed by atoms with van der Waals surface area (Å²) in [6.45, 7) is 0. The fourth-order valence-corrected chi connectivity index (χ4v) is 3.52. The minimum atomic E-state index is -2.83. The quantitative estimate of drug-likeness (QED) is 0.449. The molecule has 0 unspecified atom stereocenters. The maximum absolute atomic E-state index is 13.4. The van der Waals surface area contributed by atoms with E-state index in [0.717, 1.165) is 29.5 Å². The molecule has 4 aromatic rings. The predicted molar refractivity (Wildman–Crippen MR) is 107 cm³/mol. The zero-order chi connectivity index (χ0) is 21.4. The standard InChI is InChI=1S/C22H16F3N5O/c23-15-7-5-13(6-8-15)16-3-1-2-4-17(16)22(9-10-22)28-21-26-11-14(12-27-21)19-29-30-20(31-19)18(24)25/h1-8,11-12,18H,9-10H2,(H,26,27,28). The van der Waals surface area contributed by atoms with Crippen LogP contribution in [0, 0.1) is 5.82 Å². The van der Waals surface area contributed by atoms with E-state index in [-0.39, 0.29) is 17.2 Å². The van der Waals surface area contributed by atoms with Crippen LogP contribution in [0.25, 0.3) is 22.6 Å². The SMILES string of the molecule is Fc1ccc(-c2ccccc2C2(Nc3ncc(-c4nnc(C(F)F)o4)cn3)CC2)cc1. The first-order valence-corrected chi connectivity index (χ1v) is 9.62. The van der Waals surface area contributed by atoms with Gasteiger partial charge < -0.3 is 9.73 Å². The van der Waals surface area contributed by atoms with Crippen LogP contribution in [0.15, 0.2) is 65.3 Å². The zero-order valence-electron chi connectivity index (χ0n) is 16.1. The Morgan fingerprint density at radius 3 is 2.26 bits per heavy atom. The number of hydrogen-bond donors (Lipinski definition) is 1. The van der Waals surface area contributed by atoms with E-state index in [4.69, 9.17) is 4.42 Å². The van der Waals surface area contributed by atoms with E-state index >= 15 is 0 Å². The Bertz CT molecular complexity index is 1200. The number of nitrogens with one attached hydrogen (secondary N) is 1. The molecule has 0 aliphatic heterocycles. The van der Waals surface area contributed by atoms with Crippen LogP contribution in [-0.4, -0.2) is 20.2 Å². The lowest BCUT2D eigenvalue weighted by molar-refractivity contribution is 0.116. The van der Waals surface area contributed by atoms with Gasteiger partial charge in [0, 0.05) is 12.4 Å². The normalized spacial score (nSPS) is 14.6. The average Bonchev–Trinajstić information content (AvgIpc) is 3.38. The Morgan fingerprint density at radius 1 is 0.903 bits per heavy atom. The van der Waals surface area contributed by atoms with Gasteiger partial charge in [0.05, 0.1) is 11.1 Å². The molecule has 0 saturated heterocycles. The molecule has 2 aromatic carbocycles. The lowest BCUT2D eigenvalue weighted by Gasteiger charge is -2.21. The van der Waals surface area contributed by atoms with Gasteiger partial charge in [-0.2, -0.15) is 8.78 Å². The lowest BCUT2D eigenvalue weighted by atomic mass is 9.93. The highest BCUT2D eigenvalue weighted by Gasteiger charge is 2.46. The highest BCUT2D eigenvalue weighted by molar-refractivity contribution is 5.70. The third kappa shape index (κ3) is 3.74. The van der Waals surface area contributed by atoms with Crippen LogP contribution >= 0.6 is 0 Å². The molecule has 0 bridgehead atoms. The summed E-state index contributed by atoms with van der Waals surface area (Å²) in [7, 11) is 0.